The molecule has 8 heteroatoms. The highest BCUT2D eigenvalue weighted by Gasteiger charge is 2.19. The van der Waals surface area contributed by atoms with Crippen LogP contribution in [0.3, 0.4) is 0 Å². The molecule has 8 nitrogen and oxygen atoms in total. The van der Waals surface area contributed by atoms with Crippen LogP contribution < -0.4 is 20.4 Å². The Balaban J connectivity index is 1.52. The molecular formula is C23H21NO7. The molecule has 160 valence electrons. The minimum Gasteiger partial charge on any atom is -0.496 e. The SMILES string of the molecule is COc1ccccc1C(=O)Oc1ccc2cc(C(=O)NCC3CCCO3)c(=O)oc2c1. The molecule has 1 N–H and O–H groups in total. The second-order valence-electron chi connectivity index (χ2n) is 7.08. The molecule has 1 amide bonds. The fourth-order valence-electron chi connectivity index (χ4n) is 3.40. The van der Waals surface area contributed by atoms with Crippen LogP contribution in [0.15, 0.2) is 57.7 Å². The third-order valence-corrected chi connectivity index (χ3v) is 5.00. The van der Waals surface area contributed by atoms with Gasteiger partial charge in [-0.05, 0) is 43.2 Å². The fourth-order valence-corrected chi connectivity index (χ4v) is 3.40. The minimum absolute atomic E-state index is 0.0306. The van der Waals surface area contributed by atoms with E-state index < -0.39 is 17.5 Å². The van der Waals surface area contributed by atoms with Crippen LogP contribution in [0.2, 0.25) is 0 Å². The van der Waals surface area contributed by atoms with E-state index in [0.29, 0.717) is 24.3 Å². The summed E-state index contributed by atoms with van der Waals surface area (Å²) in [6, 6.07) is 12.7. The maximum atomic E-state index is 12.5. The third-order valence-electron chi connectivity index (χ3n) is 5.00. The Labute approximate surface area is 177 Å². The summed E-state index contributed by atoms with van der Waals surface area (Å²) in [5, 5.41) is 3.23. The van der Waals surface area contributed by atoms with Gasteiger partial charge in [0.2, 0.25) is 0 Å². The molecule has 0 saturated carbocycles. The van der Waals surface area contributed by atoms with Crippen molar-refractivity contribution in [1.29, 1.82) is 0 Å². The van der Waals surface area contributed by atoms with E-state index in [-0.39, 0.29) is 28.6 Å². The van der Waals surface area contributed by atoms with Crippen molar-refractivity contribution in [3.8, 4) is 11.5 Å². The normalized spacial score (nSPS) is 15.6. The van der Waals surface area contributed by atoms with Gasteiger partial charge >= 0.3 is 11.6 Å². The number of esters is 1. The highest BCUT2D eigenvalue weighted by molar-refractivity contribution is 5.97. The second kappa shape index (κ2) is 9.01. The van der Waals surface area contributed by atoms with Gasteiger partial charge in [-0.1, -0.05) is 12.1 Å². The minimum atomic E-state index is -0.773. The molecule has 0 radical (unpaired) electrons. The number of fused-ring (bicyclic) bond motifs is 1. The van der Waals surface area contributed by atoms with E-state index in [1.165, 1.54) is 19.2 Å². The Morgan fingerprint density at radius 1 is 1.13 bits per heavy atom. The van der Waals surface area contributed by atoms with Crippen LogP contribution in [-0.4, -0.2) is 38.2 Å². The molecule has 1 saturated heterocycles. The van der Waals surface area contributed by atoms with Crippen molar-refractivity contribution in [3.05, 3.63) is 70.1 Å². The number of hydrogen-bond donors (Lipinski definition) is 1. The third kappa shape index (κ3) is 4.59. The topological polar surface area (TPSA) is 104 Å². The van der Waals surface area contributed by atoms with E-state index in [1.807, 2.05) is 0 Å². The zero-order valence-corrected chi connectivity index (χ0v) is 16.9. The number of methoxy groups -OCH3 is 1. The van der Waals surface area contributed by atoms with Crippen molar-refractivity contribution in [2.24, 2.45) is 0 Å². The average molecular weight is 423 g/mol. The molecule has 3 aromatic rings. The zero-order chi connectivity index (χ0) is 21.8. The number of hydrogen-bond acceptors (Lipinski definition) is 7. The van der Waals surface area contributed by atoms with Crippen molar-refractivity contribution in [2.75, 3.05) is 20.3 Å². The smallest absolute Gasteiger partial charge is 0.349 e. The second-order valence-corrected chi connectivity index (χ2v) is 7.08. The van der Waals surface area contributed by atoms with E-state index in [4.69, 9.17) is 18.6 Å². The number of ether oxygens (including phenoxy) is 3. The fraction of sp³-hybridized carbons (Fsp3) is 0.261. The molecule has 0 spiro atoms. The summed E-state index contributed by atoms with van der Waals surface area (Å²) < 4.78 is 21.3. The molecule has 1 aliphatic rings. The van der Waals surface area contributed by atoms with Crippen LogP contribution in [0.5, 0.6) is 11.5 Å². The number of carbonyl (C=O) groups is 2. The molecule has 2 heterocycles. The standard InChI is InChI=1S/C23H21NO7/c1-28-19-7-3-2-6-17(19)22(26)30-15-9-8-14-11-18(23(27)31-20(14)12-15)21(25)24-13-16-5-4-10-29-16/h2-3,6-9,11-12,16H,4-5,10,13H2,1H3,(H,24,25). The number of benzene rings is 2. The molecule has 1 aliphatic heterocycles. The Hall–Kier alpha value is -3.65. The van der Waals surface area contributed by atoms with Crippen LogP contribution in [0.1, 0.15) is 33.6 Å². The van der Waals surface area contributed by atoms with E-state index in [0.717, 1.165) is 12.8 Å². The van der Waals surface area contributed by atoms with Gasteiger partial charge < -0.3 is 23.9 Å². The van der Waals surface area contributed by atoms with E-state index in [1.54, 1.807) is 36.4 Å². The lowest BCUT2D eigenvalue weighted by Gasteiger charge is -2.11. The molecule has 1 atom stereocenters. The first-order valence-corrected chi connectivity index (χ1v) is 9.88. The van der Waals surface area contributed by atoms with Gasteiger partial charge in [0.15, 0.2) is 0 Å². The van der Waals surface area contributed by atoms with Gasteiger partial charge in [0.05, 0.1) is 13.2 Å². The highest BCUT2D eigenvalue weighted by atomic mass is 16.5. The lowest BCUT2D eigenvalue weighted by atomic mass is 10.1. The maximum absolute atomic E-state index is 12.5. The lowest BCUT2D eigenvalue weighted by Crippen LogP contribution is -2.34. The molecule has 2 aromatic carbocycles. The van der Waals surface area contributed by atoms with Crippen molar-refractivity contribution >= 4 is 22.8 Å². The molecule has 1 aromatic heterocycles. The summed E-state index contributed by atoms with van der Waals surface area (Å²) in [5.41, 5.74) is -0.398. The molecule has 0 bridgehead atoms. The average Bonchev–Trinajstić information content (AvgIpc) is 3.30. The first-order valence-electron chi connectivity index (χ1n) is 9.88. The van der Waals surface area contributed by atoms with E-state index >= 15 is 0 Å². The van der Waals surface area contributed by atoms with Crippen LogP contribution in [0.4, 0.5) is 0 Å². The van der Waals surface area contributed by atoms with Gasteiger partial charge in [-0.25, -0.2) is 9.59 Å². The first-order chi connectivity index (χ1) is 15.0. The lowest BCUT2D eigenvalue weighted by molar-refractivity contribution is 0.0731. The number of carbonyl (C=O) groups excluding carboxylic acids is 2. The van der Waals surface area contributed by atoms with Gasteiger partial charge in [0.25, 0.3) is 5.91 Å². The Morgan fingerprint density at radius 3 is 2.74 bits per heavy atom. The quantitative estimate of drug-likeness (QED) is 0.369. The highest BCUT2D eigenvalue weighted by Crippen LogP contribution is 2.24. The first kappa shape index (κ1) is 20.6. The van der Waals surface area contributed by atoms with Crippen LogP contribution in [0, 0.1) is 0 Å². The molecular weight excluding hydrogens is 402 g/mol. The number of rotatable bonds is 6. The number of nitrogens with one attached hydrogen (secondary N) is 1. The molecule has 31 heavy (non-hydrogen) atoms. The molecule has 1 unspecified atom stereocenters. The van der Waals surface area contributed by atoms with Gasteiger partial charge in [-0.15, -0.1) is 0 Å². The molecule has 0 aliphatic carbocycles. The van der Waals surface area contributed by atoms with Crippen molar-refractivity contribution in [3.63, 3.8) is 0 Å². The van der Waals surface area contributed by atoms with Crippen molar-refractivity contribution in [1.82, 2.24) is 5.32 Å². The number of amides is 1. The predicted molar refractivity (Wildman–Crippen MR) is 112 cm³/mol. The molecule has 1 fully saturated rings. The van der Waals surface area contributed by atoms with E-state index in [9.17, 15) is 14.4 Å². The largest absolute Gasteiger partial charge is 0.496 e. The van der Waals surface area contributed by atoms with Crippen LogP contribution in [-0.2, 0) is 4.74 Å². The summed E-state index contributed by atoms with van der Waals surface area (Å²) in [6.07, 6.45) is 1.81. The Morgan fingerprint density at radius 2 is 1.97 bits per heavy atom. The van der Waals surface area contributed by atoms with Gasteiger partial charge in [-0.3, -0.25) is 4.79 Å². The summed E-state index contributed by atoms with van der Waals surface area (Å²) in [5.74, 6) is -0.539. The Kier molecular flexibility index (Phi) is 5.99. The maximum Gasteiger partial charge on any atom is 0.349 e. The number of para-hydroxylation sites is 1. The van der Waals surface area contributed by atoms with Gasteiger partial charge in [0, 0.05) is 24.6 Å². The summed E-state index contributed by atoms with van der Waals surface area (Å²) >= 11 is 0. The zero-order valence-electron chi connectivity index (χ0n) is 16.9. The summed E-state index contributed by atoms with van der Waals surface area (Å²) in [6.45, 7) is 1.02. The Bertz CT molecular complexity index is 1180. The van der Waals surface area contributed by atoms with Crippen LogP contribution in [0.25, 0.3) is 11.0 Å². The predicted octanol–water partition coefficient (Wildman–Crippen LogP) is 2.93. The summed E-state index contributed by atoms with van der Waals surface area (Å²) in [4.78, 5) is 37.2. The van der Waals surface area contributed by atoms with Crippen molar-refractivity contribution < 1.29 is 28.2 Å². The summed E-state index contributed by atoms with van der Waals surface area (Å²) in [7, 11) is 1.46. The molecule has 4 rings (SSSR count). The van der Waals surface area contributed by atoms with Crippen LogP contribution >= 0.6 is 0 Å². The monoisotopic (exact) mass is 423 g/mol. The van der Waals surface area contributed by atoms with Gasteiger partial charge in [0.1, 0.15) is 28.2 Å². The van der Waals surface area contributed by atoms with Gasteiger partial charge in [-0.2, -0.15) is 0 Å². The van der Waals surface area contributed by atoms with Crippen molar-refractivity contribution in [2.45, 2.75) is 18.9 Å². The van der Waals surface area contributed by atoms with E-state index in [2.05, 4.69) is 5.32 Å².